The van der Waals surface area contributed by atoms with Gasteiger partial charge < -0.3 is 15.6 Å². The Kier molecular flexibility index (Phi) is 4.25. The Morgan fingerprint density at radius 2 is 1.74 bits per heavy atom. The van der Waals surface area contributed by atoms with Crippen LogP contribution in [0.1, 0.15) is 27.9 Å². The number of aromatic nitrogens is 4. The summed E-state index contributed by atoms with van der Waals surface area (Å²) < 4.78 is 1.98. The van der Waals surface area contributed by atoms with Crippen LogP contribution in [-0.2, 0) is 7.05 Å². The number of hydrogen-bond acceptors (Lipinski definition) is 5. The van der Waals surface area contributed by atoms with Crippen molar-refractivity contribution in [2.45, 2.75) is 6.04 Å². The summed E-state index contributed by atoms with van der Waals surface area (Å²) in [6, 6.07) is 17.1. The number of nitrogen functional groups attached to an aromatic ring is 1. The number of hydrogen-bond donors (Lipinski definition) is 2. The zero-order valence-electron chi connectivity index (χ0n) is 14.7. The number of anilines is 1. The van der Waals surface area contributed by atoms with Gasteiger partial charge in [0.05, 0.1) is 11.0 Å². The number of rotatable bonds is 4. The molecule has 27 heavy (non-hydrogen) atoms. The molecule has 2 heterocycles. The smallest absolute Gasteiger partial charge is 0.274 e. The number of nitrogens with zero attached hydrogens (tertiary/aromatic N) is 4. The van der Waals surface area contributed by atoms with Crippen molar-refractivity contribution in [3.63, 3.8) is 0 Å². The van der Waals surface area contributed by atoms with Gasteiger partial charge in [0.25, 0.3) is 5.91 Å². The maximum Gasteiger partial charge on any atom is 0.274 e. The van der Waals surface area contributed by atoms with E-state index < -0.39 is 11.9 Å². The number of fused-ring (bicyclic) bond motifs is 1. The molecule has 0 aliphatic rings. The van der Waals surface area contributed by atoms with Gasteiger partial charge in [0.2, 0.25) is 0 Å². The Morgan fingerprint density at radius 1 is 1.04 bits per heavy atom. The molecule has 0 fully saturated rings. The predicted octanol–water partition coefficient (Wildman–Crippen LogP) is 2.46. The molecule has 1 unspecified atom stereocenters. The average Bonchev–Trinajstić information content (AvgIpc) is 3.04. The number of nitrogens with two attached hydrogens (primary N) is 1. The Hall–Kier alpha value is -3.74. The molecular formula is C20H18N6O. The lowest BCUT2D eigenvalue weighted by Crippen LogP contribution is -2.32. The Bertz CT molecular complexity index is 1110. The van der Waals surface area contributed by atoms with Gasteiger partial charge >= 0.3 is 0 Å². The Labute approximate surface area is 155 Å². The first-order chi connectivity index (χ1) is 13.1. The van der Waals surface area contributed by atoms with E-state index in [4.69, 9.17) is 10.7 Å². The molecule has 0 aliphatic heterocycles. The first-order valence-electron chi connectivity index (χ1n) is 8.49. The molecule has 0 radical (unpaired) electrons. The van der Waals surface area contributed by atoms with Crippen LogP contribution in [0, 0.1) is 0 Å². The first-order valence-corrected chi connectivity index (χ1v) is 8.49. The third-order valence-corrected chi connectivity index (χ3v) is 4.43. The lowest BCUT2D eigenvalue weighted by atomic mass is 10.1. The third kappa shape index (κ3) is 3.10. The second kappa shape index (κ2) is 6.87. The SMILES string of the molecule is Cn1c(C(NC(=O)c2nccnc2N)c2ccccc2)nc2ccccc21. The van der Waals surface area contributed by atoms with Crippen LogP contribution in [0.2, 0.25) is 0 Å². The highest BCUT2D eigenvalue weighted by Gasteiger charge is 2.24. The molecule has 0 saturated carbocycles. The van der Waals surface area contributed by atoms with Gasteiger partial charge in [0.15, 0.2) is 11.5 Å². The quantitative estimate of drug-likeness (QED) is 0.584. The maximum atomic E-state index is 12.8. The van der Waals surface area contributed by atoms with Gasteiger partial charge in [0.1, 0.15) is 11.9 Å². The minimum Gasteiger partial charge on any atom is -0.382 e. The Balaban J connectivity index is 1.79. The lowest BCUT2D eigenvalue weighted by molar-refractivity contribution is 0.0937. The van der Waals surface area contributed by atoms with Gasteiger partial charge in [-0.25, -0.2) is 15.0 Å². The van der Waals surface area contributed by atoms with Crippen molar-refractivity contribution in [2.75, 3.05) is 5.73 Å². The highest BCUT2D eigenvalue weighted by atomic mass is 16.2. The second-order valence-electron chi connectivity index (χ2n) is 6.13. The summed E-state index contributed by atoms with van der Waals surface area (Å²) in [5.74, 6) is 0.409. The number of benzene rings is 2. The van der Waals surface area contributed by atoms with Gasteiger partial charge in [-0.1, -0.05) is 42.5 Å². The monoisotopic (exact) mass is 358 g/mol. The fraction of sp³-hybridized carbons (Fsp3) is 0.100. The molecule has 1 amide bonds. The molecule has 0 aliphatic carbocycles. The van der Waals surface area contributed by atoms with Gasteiger partial charge in [0, 0.05) is 19.4 Å². The lowest BCUT2D eigenvalue weighted by Gasteiger charge is -2.19. The molecule has 2 aromatic carbocycles. The van der Waals surface area contributed by atoms with Gasteiger partial charge in [-0.15, -0.1) is 0 Å². The number of aryl methyl sites for hydroxylation is 1. The van der Waals surface area contributed by atoms with Crippen LogP contribution in [0.25, 0.3) is 11.0 Å². The number of carbonyl (C=O) groups is 1. The third-order valence-electron chi connectivity index (χ3n) is 4.43. The maximum absolute atomic E-state index is 12.8. The molecule has 1 atom stereocenters. The highest BCUT2D eigenvalue weighted by Crippen LogP contribution is 2.25. The number of carbonyl (C=O) groups excluding carboxylic acids is 1. The first kappa shape index (κ1) is 16.7. The molecule has 3 N–H and O–H groups in total. The van der Waals surface area contributed by atoms with E-state index >= 15 is 0 Å². The summed E-state index contributed by atoms with van der Waals surface area (Å²) in [7, 11) is 1.93. The number of imidazole rings is 1. The molecule has 4 aromatic rings. The summed E-state index contributed by atoms with van der Waals surface area (Å²) in [4.78, 5) is 25.6. The van der Waals surface area contributed by atoms with Crippen LogP contribution in [-0.4, -0.2) is 25.4 Å². The molecule has 0 saturated heterocycles. The molecule has 2 aromatic heterocycles. The van der Waals surface area contributed by atoms with Crippen LogP contribution < -0.4 is 11.1 Å². The van der Waals surface area contributed by atoms with E-state index in [0.717, 1.165) is 22.4 Å². The molecular weight excluding hydrogens is 340 g/mol. The van der Waals surface area contributed by atoms with E-state index in [1.807, 2.05) is 66.2 Å². The van der Waals surface area contributed by atoms with Gasteiger partial charge in [-0.3, -0.25) is 4.79 Å². The normalized spacial score (nSPS) is 12.0. The van der Waals surface area contributed by atoms with Gasteiger partial charge in [-0.05, 0) is 17.7 Å². The molecule has 0 spiro atoms. The van der Waals surface area contributed by atoms with Crippen molar-refractivity contribution in [1.29, 1.82) is 0 Å². The van der Waals surface area contributed by atoms with Crippen molar-refractivity contribution in [3.8, 4) is 0 Å². The van der Waals surface area contributed by atoms with Crippen molar-refractivity contribution in [2.24, 2.45) is 7.05 Å². The largest absolute Gasteiger partial charge is 0.382 e. The Morgan fingerprint density at radius 3 is 2.48 bits per heavy atom. The number of nitrogens with one attached hydrogen (secondary N) is 1. The average molecular weight is 358 g/mol. The van der Waals surface area contributed by atoms with E-state index in [9.17, 15) is 4.79 Å². The predicted molar refractivity (Wildman–Crippen MR) is 103 cm³/mol. The van der Waals surface area contributed by atoms with Crippen LogP contribution in [0.5, 0.6) is 0 Å². The summed E-state index contributed by atoms with van der Waals surface area (Å²) in [6.45, 7) is 0. The fourth-order valence-corrected chi connectivity index (χ4v) is 3.09. The molecule has 7 nitrogen and oxygen atoms in total. The number of para-hydroxylation sites is 2. The van der Waals surface area contributed by atoms with Crippen molar-refractivity contribution in [1.82, 2.24) is 24.8 Å². The van der Waals surface area contributed by atoms with Crippen molar-refractivity contribution < 1.29 is 4.79 Å². The number of amides is 1. The van der Waals surface area contributed by atoms with Crippen LogP contribution in [0.15, 0.2) is 67.0 Å². The molecule has 0 bridgehead atoms. The minimum atomic E-state index is -0.461. The summed E-state index contributed by atoms with van der Waals surface area (Å²) in [6.07, 6.45) is 2.89. The fourth-order valence-electron chi connectivity index (χ4n) is 3.09. The van der Waals surface area contributed by atoms with E-state index in [-0.39, 0.29) is 11.5 Å². The van der Waals surface area contributed by atoms with E-state index in [1.165, 1.54) is 12.4 Å². The summed E-state index contributed by atoms with van der Waals surface area (Å²) in [5, 5.41) is 3.00. The second-order valence-corrected chi connectivity index (χ2v) is 6.13. The zero-order chi connectivity index (χ0) is 18.8. The van der Waals surface area contributed by atoms with Crippen molar-refractivity contribution >= 4 is 22.8 Å². The summed E-state index contributed by atoms with van der Waals surface area (Å²) in [5.41, 5.74) is 8.67. The van der Waals surface area contributed by atoms with Crippen LogP contribution in [0.3, 0.4) is 0 Å². The van der Waals surface area contributed by atoms with E-state index in [0.29, 0.717) is 0 Å². The molecule has 134 valence electrons. The van der Waals surface area contributed by atoms with Gasteiger partial charge in [-0.2, -0.15) is 0 Å². The van der Waals surface area contributed by atoms with E-state index in [2.05, 4.69) is 15.3 Å². The standard InChI is InChI=1S/C20H18N6O/c1-26-15-10-6-5-9-14(15)24-19(26)16(13-7-3-2-4-8-13)25-20(27)17-18(21)23-12-11-22-17/h2-12,16H,1H3,(H2,21,23)(H,25,27). The van der Waals surface area contributed by atoms with Crippen LogP contribution in [0.4, 0.5) is 5.82 Å². The topological polar surface area (TPSA) is 98.7 Å². The molecule has 7 heteroatoms. The van der Waals surface area contributed by atoms with Crippen molar-refractivity contribution in [3.05, 3.63) is 84.1 Å². The summed E-state index contributed by atoms with van der Waals surface area (Å²) >= 11 is 0. The van der Waals surface area contributed by atoms with E-state index in [1.54, 1.807) is 0 Å². The zero-order valence-corrected chi connectivity index (χ0v) is 14.7. The minimum absolute atomic E-state index is 0.0896. The molecule has 4 rings (SSSR count). The van der Waals surface area contributed by atoms with Crippen LogP contribution >= 0.6 is 0 Å². The highest BCUT2D eigenvalue weighted by molar-refractivity contribution is 5.96.